The topological polar surface area (TPSA) is 21.3 Å². The van der Waals surface area contributed by atoms with Gasteiger partial charge in [0.1, 0.15) is 5.75 Å². The van der Waals surface area contributed by atoms with Crippen molar-refractivity contribution in [1.29, 1.82) is 0 Å². The molecule has 1 atom stereocenters. The average Bonchev–Trinajstić information content (AvgIpc) is 2.47. The zero-order valence-corrected chi connectivity index (χ0v) is 13.5. The van der Waals surface area contributed by atoms with Crippen molar-refractivity contribution in [1.82, 2.24) is 5.32 Å². The Labute approximate surface area is 129 Å². The van der Waals surface area contributed by atoms with Gasteiger partial charge < -0.3 is 10.1 Å². The van der Waals surface area contributed by atoms with Gasteiger partial charge in [0.05, 0.1) is 6.61 Å². The van der Waals surface area contributed by atoms with Crippen LogP contribution in [-0.4, -0.2) is 6.61 Å². The lowest BCUT2D eigenvalue weighted by atomic mass is 10.1. The van der Waals surface area contributed by atoms with E-state index in [9.17, 15) is 0 Å². The van der Waals surface area contributed by atoms with E-state index in [0.29, 0.717) is 6.61 Å². The van der Waals surface area contributed by atoms with Crippen LogP contribution in [-0.2, 0) is 6.54 Å². The Bertz CT molecular complexity index is 556. The van der Waals surface area contributed by atoms with Gasteiger partial charge in [0, 0.05) is 22.6 Å². The first kappa shape index (κ1) is 15.1. The summed E-state index contributed by atoms with van der Waals surface area (Å²) in [6.07, 6.45) is 0. The van der Waals surface area contributed by atoms with E-state index in [-0.39, 0.29) is 6.04 Å². The Kier molecular flexibility index (Phi) is 5.62. The summed E-state index contributed by atoms with van der Waals surface area (Å²) in [6, 6.07) is 16.7. The highest BCUT2D eigenvalue weighted by molar-refractivity contribution is 9.10. The van der Waals surface area contributed by atoms with E-state index in [1.54, 1.807) is 0 Å². The van der Waals surface area contributed by atoms with Crippen molar-refractivity contribution in [3.63, 3.8) is 0 Å². The van der Waals surface area contributed by atoms with Gasteiger partial charge in [-0.1, -0.05) is 52.3 Å². The number of rotatable bonds is 6. The first-order valence-corrected chi connectivity index (χ1v) is 7.70. The van der Waals surface area contributed by atoms with Crippen molar-refractivity contribution in [3.8, 4) is 5.75 Å². The molecule has 0 saturated carbocycles. The molecular formula is C17H20BrNO. The highest BCUT2D eigenvalue weighted by Crippen LogP contribution is 2.24. The van der Waals surface area contributed by atoms with Gasteiger partial charge in [-0.15, -0.1) is 0 Å². The van der Waals surface area contributed by atoms with Crippen LogP contribution >= 0.6 is 15.9 Å². The second-order valence-corrected chi connectivity index (χ2v) is 5.52. The van der Waals surface area contributed by atoms with Gasteiger partial charge in [0.15, 0.2) is 0 Å². The van der Waals surface area contributed by atoms with E-state index in [4.69, 9.17) is 4.74 Å². The van der Waals surface area contributed by atoms with Crippen LogP contribution in [0.1, 0.15) is 31.0 Å². The molecule has 0 spiro atoms. The molecule has 0 aliphatic heterocycles. The summed E-state index contributed by atoms with van der Waals surface area (Å²) in [5.74, 6) is 0.960. The second kappa shape index (κ2) is 7.46. The number of para-hydroxylation sites is 1. The molecule has 0 aliphatic rings. The number of ether oxygens (including phenoxy) is 1. The molecule has 2 nitrogen and oxygen atoms in total. The molecule has 0 amide bonds. The first-order chi connectivity index (χ1) is 9.72. The normalized spacial score (nSPS) is 12.2. The van der Waals surface area contributed by atoms with Crippen LogP contribution in [0.5, 0.6) is 5.75 Å². The predicted octanol–water partition coefficient (Wildman–Crippen LogP) is 4.70. The average molecular weight is 334 g/mol. The minimum absolute atomic E-state index is 0.278. The van der Waals surface area contributed by atoms with Crippen molar-refractivity contribution in [3.05, 3.63) is 64.1 Å². The fourth-order valence-electron chi connectivity index (χ4n) is 2.15. The van der Waals surface area contributed by atoms with Gasteiger partial charge in [-0.3, -0.25) is 0 Å². The van der Waals surface area contributed by atoms with Crippen molar-refractivity contribution in [2.24, 2.45) is 0 Å². The van der Waals surface area contributed by atoms with Gasteiger partial charge in [0.25, 0.3) is 0 Å². The second-order valence-electron chi connectivity index (χ2n) is 4.66. The molecule has 0 saturated heterocycles. The summed E-state index contributed by atoms with van der Waals surface area (Å²) >= 11 is 3.60. The Balaban J connectivity index is 2.04. The Morgan fingerprint density at radius 1 is 1.10 bits per heavy atom. The molecule has 0 radical (unpaired) electrons. The maximum absolute atomic E-state index is 5.65. The smallest absolute Gasteiger partial charge is 0.123 e. The fourth-order valence-corrected chi connectivity index (χ4v) is 2.77. The Morgan fingerprint density at radius 2 is 1.80 bits per heavy atom. The van der Waals surface area contributed by atoms with Crippen LogP contribution in [0.3, 0.4) is 0 Å². The largest absolute Gasteiger partial charge is 0.494 e. The predicted molar refractivity (Wildman–Crippen MR) is 87.0 cm³/mol. The lowest BCUT2D eigenvalue weighted by molar-refractivity contribution is 0.335. The van der Waals surface area contributed by atoms with Crippen molar-refractivity contribution in [2.75, 3.05) is 6.61 Å². The molecule has 0 heterocycles. The molecule has 1 N–H and O–H groups in total. The molecule has 0 fully saturated rings. The van der Waals surface area contributed by atoms with Crippen molar-refractivity contribution >= 4 is 15.9 Å². The fraction of sp³-hybridized carbons (Fsp3) is 0.294. The van der Waals surface area contributed by atoms with E-state index in [0.717, 1.165) is 16.8 Å². The summed E-state index contributed by atoms with van der Waals surface area (Å²) in [6.45, 7) is 5.66. The van der Waals surface area contributed by atoms with Crippen LogP contribution in [0.15, 0.2) is 53.0 Å². The third-order valence-electron chi connectivity index (χ3n) is 3.24. The van der Waals surface area contributed by atoms with Crippen LogP contribution in [0.2, 0.25) is 0 Å². The summed E-state index contributed by atoms with van der Waals surface area (Å²) in [5, 5.41) is 3.54. The lowest BCUT2D eigenvalue weighted by Gasteiger charge is -2.17. The monoisotopic (exact) mass is 333 g/mol. The number of hydrogen-bond acceptors (Lipinski definition) is 2. The maximum Gasteiger partial charge on any atom is 0.123 e. The zero-order chi connectivity index (χ0) is 14.4. The third kappa shape index (κ3) is 3.84. The quantitative estimate of drug-likeness (QED) is 0.827. The number of halogens is 1. The third-order valence-corrected chi connectivity index (χ3v) is 3.97. The summed E-state index contributed by atoms with van der Waals surface area (Å²) in [7, 11) is 0. The molecule has 0 aromatic heterocycles. The van der Waals surface area contributed by atoms with Gasteiger partial charge in [-0.05, 0) is 31.5 Å². The zero-order valence-electron chi connectivity index (χ0n) is 11.9. The minimum atomic E-state index is 0.278. The van der Waals surface area contributed by atoms with E-state index >= 15 is 0 Å². The van der Waals surface area contributed by atoms with E-state index in [1.807, 2.05) is 31.2 Å². The highest BCUT2D eigenvalue weighted by Gasteiger charge is 2.09. The van der Waals surface area contributed by atoms with Crippen LogP contribution in [0.4, 0.5) is 0 Å². The number of hydrogen-bond donors (Lipinski definition) is 1. The van der Waals surface area contributed by atoms with Crippen molar-refractivity contribution < 1.29 is 4.74 Å². The molecule has 2 rings (SSSR count). The maximum atomic E-state index is 5.65. The molecule has 2 aromatic carbocycles. The summed E-state index contributed by atoms with van der Waals surface area (Å²) in [4.78, 5) is 0. The summed E-state index contributed by atoms with van der Waals surface area (Å²) < 4.78 is 6.79. The minimum Gasteiger partial charge on any atom is -0.494 e. The van der Waals surface area contributed by atoms with E-state index < -0.39 is 0 Å². The van der Waals surface area contributed by atoms with Crippen LogP contribution in [0, 0.1) is 0 Å². The Hall–Kier alpha value is -1.32. The number of nitrogens with one attached hydrogen (secondary N) is 1. The molecular weight excluding hydrogens is 314 g/mol. The molecule has 106 valence electrons. The molecule has 1 unspecified atom stereocenters. The van der Waals surface area contributed by atoms with E-state index in [1.165, 1.54) is 11.1 Å². The molecule has 20 heavy (non-hydrogen) atoms. The Morgan fingerprint density at radius 3 is 2.55 bits per heavy atom. The summed E-state index contributed by atoms with van der Waals surface area (Å²) in [5.41, 5.74) is 2.45. The first-order valence-electron chi connectivity index (χ1n) is 6.91. The van der Waals surface area contributed by atoms with Crippen LogP contribution < -0.4 is 10.1 Å². The molecule has 2 aromatic rings. The van der Waals surface area contributed by atoms with Crippen molar-refractivity contribution in [2.45, 2.75) is 26.4 Å². The molecule has 3 heteroatoms. The SMILES string of the molecule is CCOc1ccccc1CNC(C)c1ccccc1Br. The standard InChI is InChI=1S/C17H20BrNO/c1-3-20-17-11-7-4-8-14(17)12-19-13(2)15-9-5-6-10-16(15)18/h4-11,13,19H,3,12H2,1-2H3. The van der Waals surface area contributed by atoms with Gasteiger partial charge in [-0.25, -0.2) is 0 Å². The molecule has 0 bridgehead atoms. The molecule has 0 aliphatic carbocycles. The highest BCUT2D eigenvalue weighted by atomic mass is 79.9. The van der Waals surface area contributed by atoms with Gasteiger partial charge in [-0.2, -0.15) is 0 Å². The lowest BCUT2D eigenvalue weighted by Crippen LogP contribution is -2.19. The van der Waals surface area contributed by atoms with Gasteiger partial charge >= 0.3 is 0 Å². The van der Waals surface area contributed by atoms with Crippen LogP contribution in [0.25, 0.3) is 0 Å². The number of benzene rings is 2. The van der Waals surface area contributed by atoms with E-state index in [2.05, 4.69) is 52.4 Å². The van der Waals surface area contributed by atoms with Gasteiger partial charge in [0.2, 0.25) is 0 Å².